The van der Waals surface area contributed by atoms with Gasteiger partial charge >= 0.3 is 0 Å². The molecule has 0 fully saturated rings. The van der Waals surface area contributed by atoms with Crippen molar-refractivity contribution in [1.29, 1.82) is 0 Å². The maximum absolute atomic E-state index is 14.3. The van der Waals surface area contributed by atoms with Gasteiger partial charge in [-0.1, -0.05) is 43.3 Å². The molecular formula is C27H26F2N4O2. The molecule has 180 valence electrons. The second-order valence-electron chi connectivity index (χ2n) is 9.43. The van der Waals surface area contributed by atoms with Gasteiger partial charge in [-0.2, -0.15) is 5.10 Å². The molecule has 0 unspecified atom stereocenters. The Bertz CT molecular complexity index is 1410. The van der Waals surface area contributed by atoms with Crippen molar-refractivity contribution in [2.75, 3.05) is 6.54 Å². The first-order chi connectivity index (χ1) is 16.7. The van der Waals surface area contributed by atoms with Crippen molar-refractivity contribution < 1.29 is 18.1 Å². The van der Waals surface area contributed by atoms with Crippen molar-refractivity contribution in [3.8, 4) is 11.3 Å². The number of carbonyl (C=O) groups excluding carboxylic acids is 1. The first-order valence-electron chi connectivity index (χ1n) is 11.5. The Morgan fingerprint density at radius 3 is 2.63 bits per heavy atom. The van der Waals surface area contributed by atoms with Gasteiger partial charge in [-0.15, -0.1) is 0 Å². The van der Waals surface area contributed by atoms with Crippen LogP contribution in [0.25, 0.3) is 11.3 Å². The van der Waals surface area contributed by atoms with Gasteiger partial charge in [-0.05, 0) is 36.1 Å². The molecule has 0 saturated heterocycles. The smallest absolute Gasteiger partial charge is 0.276 e. The maximum atomic E-state index is 14.3. The van der Waals surface area contributed by atoms with Gasteiger partial charge in [0.25, 0.3) is 5.91 Å². The zero-order valence-electron chi connectivity index (χ0n) is 20.0. The summed E-state index contributed by atoms with van der Waals surface area (Å²) in [6.45, 7) is 6.70. The van der Waals surface area contributed by atoms with E-state index in [1.54, 1.807) is 9.58 Å². The van der Waals surface area contributed by atoms with Gasteiger partial charge in [-0.3, -0.25) is 9.48 Å². The van der Waals surface area contributed by atoms with Crippen LogP contribution in [0.5, 0.6) is 0 Å². The molecule has 1 aliphatic rings. The van der Waals surface area contributed by atoms with Crippen molar-refractivity contribution in [3.63, 3.8) is 0 Å². The molecule has 5 rings (SSSR count). The van der Waals surface area contributed by atoms with Gasteiger partial charge in [0.15, 0.2) is 11.5 Å². The van der Waals surface area contributed by atoms with Crippen LogP contribution in [0.2, 0.25) is 0 Å². The molecule has 0 bridgehead atoms. The summed E-state index contributed by atoms with van der Waals surface area (Å²) in [4.78, 5) is 15.6. The lowest BCUT2D eigenvalue weighted by Gasteiger charge is -2.49. The highest BCUT2D eigenvalue weighted by molar-refractivity contribution is 5.94. The quantitative estimate of drug-likeness (QED) is 0.390. The lowest BCUT2D eigenvalue weighted by Crippen LogP contribution is -2.52. The first kappa shape index (κ1) is 23.0. The molecule has 0 spiro atoms. The van der Waals surface area contributed by atoms with Crippen LogP contribution >= 0.6 is 0 Å². The van der Waals surface area contributed by atoms with E-state index in [1.165, 1.54) is 17.7 Å². The second-order valence-corrected chi connectivity index (χ2v) is 9.43. The number of benzene rings is 2. The number of rotatable bonds is 4. The predicted molar refractivity (Wildman–Crippen MR) is 127 cm³/mol. The van der Waals surface area contributed by atoms with E-state index in [0.29, 0.717) is 6.54 Å². The number of fused-ring (bicyclic) bond motifs is 1. The molecule has 2 aromatic carbocycles. The van der Waals surface area contributed by atoms with Gasteiger partial charge in [0.2, 0.25) is 0 Å². The van der Waals surface area contributed by atoms with Gasteiger partial charge in [-0.25, -0.2) is 8.78 Å². The predicted octanol–water partition coefficient (Wildman–Crippen LogP) is 5.51. The van der Waals surface area contributed by atoms with Gasteiger partial charge in [0.1, 0.15) is 11.6 Å². The fourth-order valence-electron chi connectivity index (χ4n) is 5.24. The molecule has 0 saturated carbocycles. The third-order valence-electron chi connectivity index (χ3n) is 7.17. The minimum atomic E-state index is -0.782. The number of nitrogens with zero attached hydrogens (tertiary/aromatic N) is 4. The molecule has 1 amide bonds. The Morgan fingerprint density at radius 1 is 1.17 bits per heavy atom. The molecule has 0 N–H and O–H groups in total. The van der Waals surface area contributed by atoms with Crippen molar-refractivity contribution in [1.82, 2.24) is 19.8 Å². The third-order valence-corrected chi connectivity index (χ3v) is 7.17. The maximum Gasteiger partial charge on any atom is 0.276 e. The monoisotopic (exact) mass is 476 g/mol. The van der Waals surface area contributed by atoms with E-state index in [9.17, 15) is 13.6 Å². The Kier molecular flexibility index (Phi) is 5.54. The number of hydrogen-bond acceptors (Lipinski definition) is 4. The van der Waals surface area contributed by atoms with Crippen LogP contribution in [-0.4, -0.2) is 32.3 Å². The second kappa shape index (κ2) is 8.45. The van der Waals surface area contributed by atoms with Crippen LogP contribution in [0.4, 0.5) is 8.78 Å². The highest BCUT2D eigenvalue weighted by atomic mass is 19.1. The summed E-state index contributed by atoms with van der Waals surface area (Å²) in [5.74, 6) is -1.58. The van der Waals surface area contributed by atoms with Crippen LogP contribution in [0.3, 0.4) is 0 Å². The SMILES string of the molecule is CC(C)[C@]1(c2cnn(C)c2)CN(C(=O)c2cc(-c3ccc(F)cc3F)on2)[C@@H](C)c2ccccc21. The van der Waals surface area contributed by atoms with Crippen LogP contribution in [-0.2, 0) is 12.5 Å². The summed E-state index contributed by atoms with van der Waals surface area (Å²) in [7, 11) is 1.88. The number of aryl methyl sites for hydroxylation is 1. The number of hydrogen-bond donors (Lipinski definition) is 0. The fraction of sp³-hybridized carbons (Fsp3) is 0.296. The van der Waals surface area contributed by atoms with E-state index >= 15 is 0 Å². The standard InChI is InChI=1S/C27H26F2N4O2/c1-16(2)27(18-13-30-32(4)14-18)15-33(17(3)20-7-5-6-8-22(20)27)26(34)24-12-25(35-31-24)21-10-9-19(28)11-23(21)29/h5-14,16-17H,15H2,1-4H3/t17-,27-/m0/s1. The Balaban J connectivity index is 1.58. The Morgan fingerprint density at radius 2 is 1.94 bits per heavy atom. The third kappa shape index (κ3) is 3.64. The van der Waals surface area contributed by atoms with Crippen molar-refractivity contribution >= 4 is 5.91 Å². The molecule has 35 heavy (non-hydrogen) atoms. The lowest BCUT2D eigenvalue weighted by molar-refractivity contribution is 0.0576. The number of aromatic nitrogens is 3. The van der Waals surface area contributed by atoms with Gasteiger partial charge in [0, 0.05) is 42.9 Å². The average Bonchev–Trinajstić information content (AvgIpc) is 3.49. The van der Waals surface area contributed by atoms with Crippen LogP contribution < -0.4 is 0 Å². The van der Waals surface area contributed by atoms with Crippen molar-refractivity contribution in [2.24, 2.45) is 13.0 Å². The first-order valence-corrected chi connectivity index (χ1v) is 11.5. The highest BCUT2D eigenvalue weighted by Gasteiger charge is 2.48. The minimum absolute atomic E-state index is 0.0434. The topological polar surface area (TPSA) is 64.2 Å². The molecule has 8 heteroatoms. The number of halogens is 2. The number of amides is 1. The molecule has 3 heterocycles. The van der Waals surface area contributed by atoms with Gasteiger partial charge < -0.3 is 9.42 Å². The molecule has 0 radical (unpaired) electrons. The Labute approximate surface area is 202 Å². The summed E-state index contributed by atoms with van der Waals surface area (Å²) in [6.07, 6.45) is 3.86. The molecule has 2 atom stereocenters. The summed E-state index contributed by atoms with van der Waals surface area (Å²) >= 11 is 0. The Hall–Kier alpha value is -3.81. The normalized spacial score (nSPS) is 19.7. The van der Waals surface area contributed by atoms with E-state index in [4.69, 9.17) is 4.52 Å². The van der Waals surface area contributed by atoms with E-state index in [2.05, 4.69) is 36.2 Å². The van der Waals surface area contributed by atoms with E-state index < -0.39 is 17.0 Å². The molecule has 0 aliphatic carbocycles. The molecule has 1 aliphatic heterocycles. The minimum Gasteiger partial charge on any atom is -0.355 e. The van der Waals surface area contributed by atoms with Gasteiger partial charge in [0.05, 0.1) is 17.8 Å². The average molecular weight is 477 g/mol. The number of carbonyl (C=O) groups is 1. The molecular weight excluding hydrogens is 450 g/mol. The molecule has 4 aromatic rings. The van der Waals surface area contributed by atoms with Crippen LogP contribution in [0.15, 0.2) is 65.4 Å². The fourth-order valence-corrected chi connectivity index (χ4v) is 5.24. The summed E-state index contributed by atoms with van der Waals surface area (Å²) in [6, 6.07) is 12.6. The van der Waals surface area contributed by atoms with Crippen molar-refractivity contribution in [2.45, 2.75) is 32.2 Å². The summed E-state index contributed by atoms with van der Waals surface area (Å²) in [5, 5.41) is 8.36. The van der Waals surface area contributed by atoms with Crippen LogP contribution in [0, 0.1) is 17.6 Å². The zero-order chi connectivity index (χ0) is 24.9. The highest BCUT2D eigenvalue weighted by Crippen LogP contribution is 2.48. The molecule has 2 aromatic heterocycles. The summed E-state index contributed by atoms with van der Waals surface area (Å²) in [5.41, 5.74) is 2.89. The largest absolute Gasteiger partial charge is 0.355 e. The van der Waals surface area contributed by atoms with E-state index in [-0.39, 0.29) is 34.9 Å². The zero-order valence-corrected chi connectivity index (χ0v) is 20.0. The lowest BCUT2D eigenvalue weighted by atomic mass is 9.63. The van der Waals surface area contributed by atoms with E-state index in [0.717, 1.165) is 23.3 Å². The van der Waals surface area contributed by atoms with Crippen molar-refractivity contribution in [3.05, 3.63) is 94.9 Å². The molecule has 6 nitrogen and oxygen atoms in total. The van der Waals surface area contributed by atoms with Crippen LogP contribution in [0.1, 0.15) is 54.0 Å². The summed E-state index contributed by atoms with van der Waals surface area (Å²) < 4.78 is 34.7. The van der Waals surface area contributed by atoms with E-state index in [1.807, 2.05) is 38.5 Å².